The fourth-order valence-electron chi connectivity index (χ4n) is 2.99. The molecule has 0 aliphatic rings. The van der Waals surface area contributed by atoms with Crippen molar-refractivity contribution in [2.24, 2.45) is 5.73 Å². The zero-order valence-corrected chi connectivity index (χ0v) is 15.6. The molecule has 0 saturated heterocycles. The van der Waals surface area contributed by atoms with Crippen LogP contribution in [0.15, 0.2) is 12.2 Å². The number of allylic oxidation sites excluding steroid dienone is 2. The summed E-state index contributed by atoms with van der Waals surface area (Å²) in [5, 5.41) is 0. The Balaban J connectivity index is 3.11. The van der Waals surface area contributed by atoms with Crippen LogP contribution in [0.2, 0.25) is 0 Å². The maximum Gasteiger partial charge on any atom is 0.00387 e. The smallest absolute Gasteiger partial charge is 0.00387 e. The summed E-state index contributed by atoms with van der Waals surface area (Å²) in [6.07, 6.45) is 26.3. The van der Waals surface area contributed by atoms with Crippen molar-refractivity contribution in [1.82, 2.24) is 0 Å². The van der Waals surface area contributed by atoms with E-state index >= 15 is 0 Å². The van der Waals surface area contributed by atoms with E-state index in [4.69, 9.17) is 5.73 Å². The molecule has 0 bridgehead atoms. The van der Waals surface area contributed by atoms with Gasteiger partial charge < -0.3 is 5.73 Å². The molecule has 0 aromatic heterocycles. The fraction of sp³-hybridized carbons (Fsp3) is 0.905. The molecule has 1 atom stereocenters. The zero-order chi connectivity index (χ0) is 16.3. The summed E-state index contributed by atoms with van der Waals surface area (Å²) in [7, 11) is 0. The van der Waals surface area contributed by atoms with Gasteiger partial charge in [-0.3, -0.25) is 0 Å². The van der Waals surface area contributed by atoms with Crippen LogP contribution in [0.3, 0.4) is 0 Å². The Morgan fingerprint density at radius 1 is 0.591 bits per heavy atom. The summed E-state index contributed by atoms with van der Waals surface area (Å²) in [6, 6.07) is 0.454. The quantitative estimate of drug-likeness (QED) is 0.224. The molecule has 1 unspecified atom stereocenters. The van der Waals surface area contributed by atoms with E-state index in [1.165, 1.54) is 103 Å². The summed E-state index contributed by atoms with van der Waals surface area (Å²) >= 11 is 0. The van der Waals surface area contributed by atoms with Gasteiger partial charge in [-0.15, -0.1) is 0 Å². The van der Waals surface area contributed by atoms with Gasteiger partial charge in [-0.1, -0.05) is 90.2 Å². The van der Waals surface area contributed by atoms with Gasteiger partial charge in [-0.2, -0.15) is 0 Å². The first-order valence-electron chi connectivity index (χ1n) is 10.2. The van der Waals surface area contributed by atoms with Crippen molar-refractivity contribution in [2.45, 2.75) is 123 Å². The largest absolute Gasteiger partial charge is 0.328 e. The lowest BCUT2D eigenvalue weighted by Gasteiger charge is -2.09. The lowest BCUT2D eigenvalue weighted by atomic mass is 10.0. The summed E-state index contributed by atoms with van der Waals surface area (Å²) in [5.74, 6) is 0. The average Bonchev–Trinajstić information content (AvgIpc) is 2.51. The minimum atomic E-state index is 0.454. The van der Waals surface area contributed by atoms with Crippen molar-refractivity contribution in [1.29, 1.82) is 0 Å². The summed E-state index contributed by atoms with van der Waals surface area (Å²) in [6.45, 7) is 4.50. The molecule has 0 aliphatic carbocycles. The van der Waals surface area contributed by atoms with Crippen molar-refractivity contribution < 1.29 is 0 Å². The monoisotopic (exact) mass is 309 g/mol. The number of hydrogen-bond acceptors (Lipinski definition) is 1. The number of hydrogen-bond donors (Lipinski definition) is 1. The molecule has 0 amide bonds. The van der Waals surface area contributed by atoms with Gasteiger partial charge in [0, 0.05) is 6.04 Å². The van der Waals surface area contributed by atoms with E-state index in [9.17, 15) is 0 Å². The molecule has 2 N–H and O–H groups in total. The van der Waals surface area contributed by atoms with Crippen molar-refractivity contribution in [3.8, 4) is 0 Å². The van der Waals surface area contributed by atoms with Crippen molar-refractivity contribution in [2.75, 3.05) is 0 Å². The van der Waals surface area contributed by atoms with Crippen LogP contribution >= 0.6 is 0 Å². The second-order valence-electron chi connectivity index (χ2n) is 6.92. The minimum absolute atomic E-state index is 0.454. The molecule has 0 aromatic carbocycles. The highest BCUT2D eigenvalue weighted by atomic mass is 14.6. The Morgan fingerprint density at radius 3 is 1.64 bits per heavy atom. The lowest BCUT2D eigenvalue weighted by Crippen LogP contribution is -2.18. The van der Waals surface area contributed by atoms with Gasteiger partial charge in [0.05, 0.1) is 0 Å². The van der Waals surface area contributed by atoms with E-state index < -0.39 is 0 Å². The van der Waals surface area contributed by atoms with Gasteiger partial charge >= 0.3 is 0 Å². The molecular weight excluding hydrogens is 266 g/mol. The highest BCUT2D eigenvalue weighted by Crippen LogP contribution is 2.11. The Kier molecular flexibility index (Phi) is 18.5. The first-order valence-corrected chi connectivity index (χ1v) is 10.2. The molecule has 22 heavy (non-hydrogen) atoms. The third kappa shape index (κ3) is 17.8. The van der Waals surface area contributed by atoms with Crippen LogP contribution < -0.4 is 5.73 Å². The third-order valence-electron chi connectivity index (χ3n) is 4.50. The molecule has 0 fully saturated rings. The van der Waals surface area contributed by atoms with Crippen LogP contribution in [0.1, 0.15) is 117 Å². The van der Waals surface area contributed by atoms with Crippen molar-refractivity contribution in [3.05, 3.63) is 12.2 Å². The van der Waals surface area contributed by atoms with E-state index in [2.05, 4.69) is 26.0 Å². The standard InChI is InChI=1S/C21H43N/c1-3-5-6-7-8-9-10-11-12-13-14-15-16-17-18-20-21(22)19-4-2/h11-12,21H,3-10,13-20,22H2,1-2H3/b12-11-. The summed E-state index contributed by atoms with van der Waals surface area (Å²) in [5.41, 5.74) is 6.03. The zero-order valence-electron chi connectivity index (χ0n) is 15.6. The highest BCUT2D eigenvalue weighted by molar-refractivity contribution is 4.81. The van der Waals surface area contributed by atoms with Crippen LogP contribution in [0.5, 0.6) is 0 Å². The second-order valence-corrected chi connectivity index (χ2v) is 6.92. The highest BCUT2D eigenvalue weighted by Gasteiger charge is 1.99. The lowest BCUT2D eigenvalue weighted by molar-refractivity contribution is 0.510. The van der Waals surface area contributed by atoms with Crippen LogP contribution in [-0.4, -0.2) is 6.04 Å². The van der Waals surface area contributed by atoms with E-state index in [-0.39, 0.29) is 0 Å². The molecule has 0 radical (unpaired) electrons. The molecule has 1 heteroatoms. The maximum absolute atomic E-state index is 6.03. The SMILES string of the molecule is CCCCCCCC/C=C\CCCCCCCC(N)CCC. The first kappa shape index (κ1) is 21.7. The molecule has 0 aromatic rings. The predicted octanol–water partition coefficient (Wildman–Crippen LogP) is 7.15. The number of unbranched alkanes of at least 4 members (excludes halogenated alkanes) is 11. The molecule has 0 saturated carbocycles. The fourth-order valence-corrected chi connectivity index (χ4v) is 2.99. The van der Waals surface area contributed by atoms with Gasteiger partial charge in [0.25, 0.3) is 0 Å². The van der Waals surface area contributed by atoms with Gasteiger partial charge in [-0.05, 0) is 38.5 Å². The van der Waals surface area contributed by atoms with E-state index in [1.54, 1.807) is 0 Å². The van der Waals surface area contributed by atoms with Crippen LogP contribution in [-0.2, 0) is 0 Å². The average molecular weight is 310 g/mol. The van der Waals surface area contributed by atoms with E-state index in [1.807, 2.05) is 0 Å². The Hall–Kier alpha value is -0.300. The van der Waals surface area contributed by atoms with E-state index in [0.29, 0.717) is 6.04 Å². The van der Waals surface area contributed by atoms with E-state index in [0.717, 1.165) is 0 Å². The van der Waals surface area contributed by atoms with Gasteiger partial charge in [0.2, 0.25) is 0 Å². The number of rotatable bonds is 17. The van der Waals surface area contributed by atoms with Crippen molar-refractivity contribution >= 4 is 0 Å². The normalized spacial score (nSPS) is 13.0. The molecule has 0 spiro atoms. The topological polar surface area (TPSA) is 26.0 Å². The molecule has 0 aliphatic heterocycles. The Morgan fingerprint density at radius 2 is 1.09 bits per heavy atom. The third-order valence-corrected chi connectivity index (χ3v) is 4.50. The first-order chi connectivity index (χ1) is 10.8. The summed E-state index contributed by atoms with van der Waals surface area (Å²) in [4.78, 5) is 0. The number of nitrogens with two attached hydrogens (primary N) is 1. The summed E-state index contributed by atoms with van der Waals surface area (Å²) < 4.78 is 0. The second kappa shape index (κ2) is 18.7. The van der Waals surface area contributed by atoms with Crippen LogP contribution in [0, 0.1) is 0 Å². The van der Waals surface area contributed by atoms with Crippen LogP contribution in [0.25, 0.3) is 0 Å². The predicted molar refractivity (Wildman–Crippen MR) is 102 cm³/mol. The molecule has 0 rings (SSSR count). The van der Waals surface area contributed by atoms with Gasteiger partial charge in [0.1, 0.15) is 0 Å². The van der Waals surface area contributed by atoms with Gasteiger partial charge in [-0.25, -0.2) is 0 Å². The van der Waals surface area contributed by atoms with Crippen molar-refractivity contribution in [3.63, 3.8) is 0 Å². The molecule has 1 nitrogen and oxygen atoms in total. The van der Waals surface area contributed by atoms with Gasteiger partial charge in [0.15, 0.2) is 0 Å². The maximum atomic E-state index is 6.03. The Bertz CT molecular complexity index is 222. The molecule has 0 heterocycles. The minimum Gasteiger partial charge on any atom is -0.328 e. The Labute approximate surface area is 141 Å². The molecular formula is C21H43N. The molecule has 132 valence electrons. The van der Waals surface area contributed by atoms with Crippen LogP contribution in [0.4, 0.5) is 0 Å².